The lowest BCUT2D eigenvalue weighted by molar-refractivity contribution is 1.75. The number of rotatable bonds is 0. The predicted molar refractivity (Wildman–Crippen MR) is 158 cm³/mol. The van der Waals surface area contributed by atoms with Crippen LogP contribution in [0.15, 0.2) is 146 Å². The van der Waals surface area contributed by atoms with Crippen molar-refractivity contribution < 1.29 is 0 Å². The molecule has 0 spiro atoms. The maximum absolute atomic E-state index is 2.36. The van der Waals surface area contributed by atoms with E-state index in [4.69, 9.17) is 0 Å². The lowest BCUT2D eigenvalue weighted by atomic mass is 9.95. The van der Waals surface area contributed by atoms with E-state index in [-0.39, 0.29) is 0 Å². The van der Waals surface area contributed by atoms with Crippen LogP contribution in [-0.2, 0) is 0 Å². The van der Waals surface area contributed by atoms with Crippen molar-refractivity contribution in [2.45, 2.75) is 0 Å². The van der Waals surface area contributed by atoms with Gasteiger partial charge >= 0.3 is 0 Å². The number of benzene rings is 8. The van der Waals surface area contributed by atoms with Gasteiger partial charge < -0.3 is 0 Å². The van der Waals surface area contributed by atoms with Crippen molar-refractivity contribution in [2.75, 3.05) is 0 Å². The Morgan fingerprint density at radius 3 is 0.917 bits per heavy atom. The van der Waals surface area contributed by atoms with Crippen LogP contribution in [0.4, 0.5) is 0 Å². The van der Waals surface area contributed by atoms with Crippen molar-refractivity contribution in [2.24, 2.45) is 0 Å². The van der Waals surface area contributed by atoms with Crippen LogP contribution in [-0.4, -0.2) is 0 Å². The van der Waals surface area contributed by atoms with Gasteiger partial charge in [-0.1, -0.05) is 109 Å². The van der Waals surface area contributed by atoms with Crippen LogP contribution < -0.4 is 0 Å². The fourth-order valence-corrected chi connectivity index (χ4v) is 5.32. The molecule has 0 nitrogen and oxygen atoms in total. The van der Waals surface area contributed by atoms with E-state index in [1.165, 1.54) is 64.6 Å². The third-order valence-corrected chi connectivity index (χ3v) is 7.18. The van der Waals surface area contributed by atoms with E-state index >= 15 is 0 Å². The van der Waals surface area contributed by atoms with Crippen LogP contribution in [0.5, 0.6) is 0 Å². The molecular formula is C36H24. The molecule has 0 saturated heterocycles. The molecule has 0 heteroatoms. The molecule has 0 saturated carbocycles. The highest BCUT2D eigenvalue weighted by Gasteiger charge is 2.06. The van der Waals surface area contributed by atoms with Crippen LogP contribution in [0, 0.1) is 0 Å². The number of hydrogen-bond acceptors (Lipinski definition) is 0. The summed E-state index contributed by atoms with van der Waals surface area (Å²) < 4.78 is 0. The molecule has 168 valence electrons. The Morgan fingerprint density at radius 2 is 0.472 bits per heavy atom. The molecule has 0 amide bonds. The smallest absolute Gasteiger partial charge is 0.00988 e. The normalized spacial score (nSPS) is 11.3. The van der Waals surface area contributed by atoms with Crippen molar-refractivity contribution in [1.82, 2.24) is 0 Å². The Morgan fingerprint density at radius 1 is 0.194 bits per heavy atom. The quantitative estimate of drug-likeness (QED) is 0.157. The first-order chi connectivity index (χ1) is 17.8. The average Bonchev–Trinajstić information content (AvgIpc) is 2.94. The lowest BCUT2D eigenvalue weighted by Gasteiger charge is -2.09. The molecule has 0 atom stereocenters. The summed E-state index contributed by atoms with van der Waals surface area (Å²) in [6, 6.07) is 52.3. The monoisotopic (exact) mass is 456 g/mol. The van der Waals surface area contributed by atoms with Gasteiger partial charge in [0, 0.05) is 0 Å². The molecule has 0 N–H and O–H groups in total. The highest BCUT2D eigenvalue weighted by Crippen LogP contribution is 2.33. The van der Waals surface area contributed by atoms with E-state index < -0.39 is 0 Å². The van der Waals surface area contributed by atoms with Gasteiger partial charge in [0.05, 0.1) is 0 Å². The van der Waals surface area contributed by atoms with E-state index in [1.807, 2.05) is 0 Å². The second-order valence-electron chi connectivity index (χ2n) is 9.45. The van der Waals surface area contributed by atoms with Crippen LogP contribution in [0.1, 0.15) is 0 Å². The summed E-state index contributed by atoms with van der Waals surface area (Å²) >= 11 is 0. The van der Waals surface area contributed by atoms with Gasteiger partial charge in [-0.15, -0.1) is 0 Å². The second-order valence-corrected chi connectivity index (χ2v) is 9.45. The predicted octanol–water partition coefficient (Wildman–Crippen LogP) is 10.3. The van der Waals surface area contributed by atoms with E-state index in [9.17, 15) is 0 Å². The number of hydrogen-bond donors (Lipinski definition) is 0. The number of fused-ring (bicyclic) bond motifs is 7. The average molecular weight is 457 g/mol. The Balaban J connectivity index is 0.000000185. The van der Waals surface area contributed by atoms with Gasteiger partial charge in [-0.3, -0.25) is 0 Å². The minimum atomic E-state index is 1.30. The standard InChI is InChI=1S/C26H16.C10H8/c1-2-7-19-13-24-16-26-22(14-23(24)12-18(19)6-1)10-9-21-11-17-5-3-4-8-20(17)15-25(21)26;1-2-6-10-8-4-3-7-9(10)5-1/h1-16H;1-8H. The molecule has 0 unspecified atom stereocenters. The minimum Gasteiger partial charge on any atom is -0.0616 e. The van der Waals surface area contributed by atoms with Crippen molar-refractivity contribution in [3.8, 4) is 0 Å². The highest BCUT2D eigenvalue weighted by atomic mass is 14.1. The summed E-state index contributed by atoms with van der Waals surface area (Å²) in [6.07, 6.45) is 0. The van der Waals surface area contributed by atoms with Crippen molar-refractivity contribution >= 4 is 64.6 Å². The van der Waals surface area contributed by atoms with Gasteiger partial charge in [0.15, 0.2) is 0 Å². The minimum absolute atomic E-state index is 1.30. The molecule has 0 fully saturated rings. The molecular weight excluding hydrogens is 432 g/mol. The molecule has 8 rings (SSSR count). The third kappa shape index (κ3) is 3.65. The van der Waals surface area contributed by atoms with Gasteiger partial charge in [-0.25, -0.2) is 0 Å². The van der Waals surface area contributed by atoms with Crippen molar-refractivity contribution in [3.63, 3.8) is 0 Å². The van der Waals surface area contributed by atoms with Crippen LogP contribution in [0.3, 0.4) is 0 Å². The molecule has 8 aromatic carbocycles. The van der Waals surface area contributed by atoms with Crippen molar-refractivity contribution in [3.05, 3.63) is 146 Å². The maximum Gasteiger partial charge on any atom is -0.00988 e. The molecule has 0 bridgehead atoms. The maximum atomic E-state index is 2.36. The molecule has 36 heavy (non-hydrogen) atoms. The summed E-state index contributed by atoms with van der Waals surface area (Å²) in [6.45, 7) is 0. The molecule has 0 heterocycles. The summed E-state index contributed by atoms with van der Waals surface area (Å²) in [5, 5.41) is 15.7. The molecule has 0 aromatic heterocycles. The largest absolute Gasteiger partial charge is 0.0616 e. The van der Waals surface area contributed by atoms with E-state index in [2.05, 4.69) is 146 Å². The Labute approximate surface area is 210 Å². The van der Waals surface area contributed by atoms with E-state index in [0.717, 1.165) is 0 Å². The van der Waals surface area contributed by atoms with E-state index in [0.29, 0.717) is 0 Å². The van der Waals surface area contributed by atoms with Gasteiger partial charge in [0.2, 0.25) is 0 Å². The first-order valence-electron chi connectivity index (χ1n) is 12.4. The van der Waals surface area contributed by atoms with Gasteiger partial charge in [0.25, 0.3) is 0 Å². The van der Waals surface area contributed by atoms with Crippen LogP contribution in [0.25, 0.3) is 64.6 Å². The molecule has 8 aromatic rings. The third-order valence-electron chi connectivity index (χ3n) is 7.18. The zero-order chi connectivity index (χ0) is 23.9. The zero-order valence-corrected chi connectivity index (χ0v) is 19.9. The zero-order valence-electron chi connectivity index (χ0n) is 19.9. The fraction of sp³-hybridized carbons (Fsp3) is 0. The van der Waals surface area contributed by atoms with Crippen LogP contribution >= 0.6 is 0 Å². The topological polar surface area (TPSA) is 0 Å². The molecule has 0 aliphatic heterocycles. The molecule has 0 aliphatic carbocycles. The Kier molecular flexibility index (Phi) is 4.89. The summed E-state index contributed by atoms with van der Waals surface area (Å²) in [4.78, 5) is 0. The lowest BCUT2D eigenvalue weighted by Crippen LogP contribution is -1.82. The van der Waals surface area contributed by atoms with Crippen molar-refractivity contribution in [1.29, 1.82) is 0 Å². The van der Waals surface area contributed by atoms with Gasteiger partial charge in [-0.2, -0.15) is 0 Å². The molecule has 0 aliphatic rings. The fourth-order valence-electron chi connectivity index (χ4n) is 5.32. The summed E-state index contributed by atoms with van der Waals surface area (Å²) in [7, 11) is 0. The first-order valence-corrected chi connectivity index (χ1v) is 12.4. The second kappa shape index (κ2) is 8.52. The molecule has 0 radical (unpaired) electrons. The Bertz CT molecular complexity index is 1960. The Hall–Kier alpha value is -4.68. The highest BCUT2D eigenvalue weighted by molar-refractivity contribution is 6.16. The van der Waals surface area contributed by atoms with E-state index in [1.54, 1.807) is 0 Å². The summed E-state index contributed by atoms with van der Waals surface area (Å²) in [5.74, 6) is 0. The first kappa shape index (κ1) is 20.7. The van der Waals surface area contributed by atoms with Gasteiger partial charge in [0.1, 0.15) is 0 Å². The van der Waals surface area contributed by atoms with Crippen LogP contribution in [0.2, 0.25) is 0 Å². The summed E-state index contributed by atoms with van der Waals surface area (Å²) in [5.41, 5.74) is 0. The SMILES string of the molecule is c1ccc2cc3cc4c(ccc5cc6ccccc6cc54)cc3cc2c1.c1ccc2ccccc2c1. The van der Waals surface area contributed by atoms with Gasteiger partial charge in [-0.05, 0) is 101 Å².